The number of amides is 1. The van der Waals surface area contributed by atoms with Crippen LogP contribution < -0.4 is 5.73 Å². The monoisotopic (exact) mass is 391 g/mol. The van der Waals surface area contributed by atoms with Gasteiger partial charge in [0, 0.05) is 47.8 Å². The molecule has 1 atom stereocenters. The Hall–Kier alpha value is -1.49. The summed E-state index contributed by atoms with van der Waals surface area (Å²) < 4.78 is 0. The normalized spacial score (nSPS) is 16.3. The third-order valence-corrected chi connectivity index (χ3v) is 6.14. The van der Waals surface area contributed by atoms with Crippen LogP contribution >= 0.6 is 12.6 Å². The van der Waals surface area contributed by atoms with Gasteiger partial charge in [0.1, 0.15) is 0 Å². The second-order valence-electron chi connectivity index (χ2n) is 8.65. The molecule has 1 aliphatic rings. The van der Waals surface area contributed by atoms with E-state index in [4.69, 9.17) is 11.1 Å². The Morgan fingerprint density at radius 2 is 1.89 bits per heavy atom. The fraction of sp³-hybridized carbons (Fsp3) is 0.636. The van der Waals surface area contributed by atoms with Gasteiger partial charge in [-0.2, -0.15) is 0 Å². The average molecular weight is 392 g/mol. The molecule has 1 saturated heterocycles. The van der Waals surface area contributed by atoms with Crippen LogP contribution in [0, 0.1) is 22.7 Å². The highest BCUT2D eigenvalue weighted by molar-refractivity contribution is 7.80. The Morgan fingerprint density at radius 3 is 2.30 bits per heavy atom. The fourth-order valence-electron chi connectivity index (χ4n) is 3.08. The molecule has 0 aromatic heterocycles. The molecule has 152 valence electrons. The van der Waals surface area contributed by atoms with E-state index in [0.717, 1.165) is 42.3 Å². The highest BCUT2D eigenvalue weighted by Gasteiger charge is 2.25. The number of nitrogen functional groups attached to an aromatic ring is 1. The van der Waals surface area contributed by atoms with Gasteiger partial charge in [0.05, 0.1) is 0 Å². The number of hydrogen-bond donors (Lipinski definition) is 3. The lowest BCUT2D eigenvalue weighted by Gasteiger charge is -2.31. The van der Waals surface area contributed by atoms with E-state index in [-0.39, 0.29) is 11.8 Å². The van der Waals surface area contributed by atoms with Crippen molar-refractivity contribution in [1.29, 1.82) is 5.41 Å². The summed E-state index contributed by atoms with van der Waals surface area (Å²) in [5.74, 6) is 1.15. The van der Waals surface area contributed by atoms with Crippen molar-refractivity contribution in [2.45, 2.75) is 65.7 Å². The Morgan fingerprint density at radius 1 is 1.33 bits per heavy atom. The first-order valence-corrected chi connectivity index (χ1v) is 10.3. The van der Waals surface area contributed by atoms with E-state index in [0.29, 0.717) is 16.8 Å². The van der Waals surface area contributed by atoms with Crippen molar-refractivity contribution in [2.75, 3.05) is 18.8 Å². The summed E-state index contributed by atoms with van der Waals surface area (Å²) in [4.78, 5) is 13.9. The molecule has 3 N–H and O–H groups in total. The summed E-state index contributed by atoms with van der Waals surface area (Å²) >= 11 is 4.39. The van der Waals surface area contributed by atoms with E-state index in [1.54, 1.807) is 13.0 Å². The van der Waals surface area contributed by atoms with E-state index in [9.17, 15) is 4.79 Å². The number of carbonyl (C=O) groups excluding carboxylic acids is 1. The summed E-state index contributed by atoms with van der Waals surface area (Å²) in [5.41, 5.74) is 8.33. The van der Waals surface area contributed by atoms with Gasteiger partial charge in [-0.05, 0) is 42.4 Å². The third kappa shape index (κ3) is 7.21. The molecule has 1 heterocycles. The lowest BCUT2D eigenvalue weighted by atomic mass is 9.81. The molecule has 5 heteroatoms. The van der Waals surface area contributed by atoms with Crippen molar-refractivity contribution in [3.8, 4) is 0 Å². The predicted octanol–water partition coefficient (Wildman–Crippen LogP) is 5.26. The molecule has 0 aliphatic carbocycles. The maximum atomic E-state index is 11.3. The van der Waals surface area contributed by atoms with Crippen LogP contribution in [0.5, 0.6) is 0 Å². The van der Waals surface area contributed by atoms with Crippen LogP contribution in [-0.2, 0) is 4.79 Å². The Kier molecular flexibility index (Phi) is 8.86. The van der Waals surface area contributed by atoms with Gasteiger partial charge >= 0.3 is 0 Å². The first-order chi connectivity index (χ1) is 12.5. The zero-order chi connectivity index (χ0) is 20.8. The topological polar surface area (TPSA) is 70.2 Å². The summed E-state index contributed by atoms with van der Waals surface area (Å²) in [6.07, 6.45) is 2.96. The molecule has 4 nitrogen and oxygen atoms in total. The minimum atomic E-state index is 0.115. The summed E-state index contributed by atoms with van der Waals surface area (Å²) in [5, 5.41) is 8.33. The van der Waals surface area contributed by atoms with Crippen molar-refractivity contribution < 1.29 is 4.79 Å². The second-order valence-corrected chi connectivity index (χ2v) is 9.13. The first-order valence-electron chi connectivity index (χ1n) is 9.90. The van der Waals surface area contributed by atoms with Crippen LogP contribution in [0.3, 0.4) is 0 Å². The number of piperidine rings is 1. The number of rotatable bonds is 3. The smallest absolute Gasteiger partial charge is 0.219 e. The van der Waals surface area contributed by atoms with Gasteiger partial charge in [0.15, 0.2) is 0 Å². The third-order valence-electron chi connectivity index (χ3n) is 5.75. The van der Waals surface area contributed by atoms with Crippen LogP contribution in [0.2, 0.25) is 0 Å². The molecule has 2 rings (SSSR count). The van der Waals surface area contributed by atoms with Crippen molar-refractivity contribution in [2.24, 2.45) is 17.3 Å². The SMILES string of the molecule is CC(=O)N1CCC(C(=N)c2cc(N)ccc2S)CC1.CCC(C)C(C)(C)C. The molecule has 0 bridgehead atoms. The van der Waals surface area contributed by atoms with Gasteiger partial charge in [-0.25, -0.2) is 0 Å². The molecule has 0 spiro atoms. The summed E-state index contributed by atoms with van der Waals surface area (Å²) in [6, 6.07) is 5.42. The lowest BCUT2D eigenvalue weighted by Crippen LogP contribution is -2.39. The molecule has 1 unspecified atom stereocenters. The fourth-order valence-corrected chi connectivity index (χ4v) is 3.34. The Labute approximate surface area is 170 Å². The first kappa shape index (κ1) is 23.5. The summed E-state index contributed by atoms with van der Waals surface area (Å²) in [7, 11) is 0. The molecular weight excluding hydrogens is 354 g/mol. The molecule has 1 aliphatic heterocycles. The van der Waals surface area contributed by atoms with Gasteiger partial charge in [-0.1, -0.05) is 41.0 Å². The zero-order valence-corrected chi connectivity index (χ0v) is 18.7. The Balaban J connectivity index is 0.000000387. The van der Waals surface area contributed by atoms with E-state index in [1.165, 1.54) is 6.42 Å². The molecule has 1 aromatic rings. The van der Waals surface area contributed by atoms with Gasteiger partial charge < -0.3 is 16.0 Å². The standard InChI is InChI=1S/C14H19N3OS.C8H18/c1-9(18)17-6-4-10(5-7-17)14(16)12-8-11(15)2-3-13(12)19;1-6-7(2)8(3,4)5/h2-3,8,10,16,19H,4-7,15H2,1H3;7H,6H2,1-5H3. The number of anilines is 1. The van der Waals surface area contributed by atoms with Crippen molar-refractivity contribution >= 4 is 29.9 Å². The van der Waals surface area contributed by atoms with E-state index in [2.05, 4.69) is 47.2 Å². The molecular formula is C22H37N3OS. The largest absolute Gasteiger partial charge is 0.399 e. The maximum Gasteiger partial charge on any atom is 0.219 e. The van der Waals surface area contributed by atoms with Crippen molar-refractivity contribution in [1.82, 2.24) is 4.90 Å². The molecule has 1 amide bonds. The van der Waals surface area contributed by atoms with Gasteiger partial charge in [0.2, 0.25) is 5.91 Å². The Bertz CT molecular complexity index is 643. The molecule has 1 fully saturated rings. The second kappa shape index (κ2) is 10.2. The number of likely N-dealkylation sites (tertiary alicyclic amines) is 1. The number of thiol groups is 1. The number of benzene rings is 1. The number of nitrogens with two attached hydrogens (primary N) is 1. The predicted molar refractivity (Wildman–Crippen MR) is 119 cm³/mol. The minimum Gasteiger partial charge on any atom is -0.399 e. The molecule has 1 aromatic carbocycles. The van der Waals surface area contributed by atoms with Crippen LogP contribution in [0.1, 0.15) is 66.4 Å². The van der Waals surface area contributed by atoms with Crippen molar-refractivity contribution in [3.63, 3.8) is 0 Å². The summed E-state index contributed by atoms with van der Waals surface area (Å²) in [6.45, 7) is 14.5. The highest BCUT2D eigenvalue weighted by atomic mass is 32.1. The average Bonchev–Trinajstić information content (AvgIpc) is 2.62. The van der Waals surface area contributed by atoms with Gasteiger partial charge in [0.25, 0.3) is 0 Å². The number of hydrogen-bond acceptors (Lipinski definition) is 4. The lowest BCUT2D eigenvalue weighted by molar-refractivity contribution is -0.129. The van der Waals surface area contributed by atoms with Gasteiger partial charge in [-0.3, -0.25) is 4.79 Å². The zero-order valence-electron chi connectivity index (χ0n) is 17.8. The van der Waals surface area contributed by atoms with E-state index >= 15 is 0 Å². The number of carbonyl (C=O) groups is 1. The van der Waals surface area contributed by atoms with Gasteiger partial charge in [-0.15, -0.1) is 12.6 Å². The molecule has 0 saturated carbocycles. The molecule has 0 radical (unpaired) electrons. The number of nitrogens with zero attached hydrogens (tertiary/aromatic N) is 1. The number of nitrogens with one attached hydrogen (secondary N) is 1. The van der Waals surface area contributed by atoms with Crippen LogP contribution in [-0.4, -0.2) is 29.6 Å². The van der Waals surface area contributed by atoms with Crippen LogP contribution in [0.15, 0.2) is 23.1 Å². The quantitative estimate of drug-likeness (QED) is 0.373. The van der Waals surface area contributed by atoms with E-state index in [1.807, 2.05) is 17.0 Å². The molecule has 27 heavy (non-hydrogen) atoms. The maximum absolute atomic E-state index is 11.3. The minimum absolute atomic E-state index is 0.115. The van der Waals surface area contributed by atoms with Crippen molar-refractivity contribution in [3.05, 3.63) is 23.8 Å². The van der Waals surface area contributed by atoms with E-state index < -0.39 is 0 Å². The van der Waals surface area contributed by atoms with Crippen LogP contribution in [0.25, 0.3) is 0 Å². The van der Waals surface area contributed by atoms with Crippen LogP contribution in [0.4, 0.5) is 5.69 Å². The highest BCUT2D eigenvalue weighted by Crippen LogP contribution is 2.27.